The molecule has 0 aromatic rings. The molecule has 0 unspecified atom stereocenters. The van der Waals surface area contributed by atoms with E-state index in [9.17, 15) is 4.79 Å². The van der Waals surface area contributed by atoms with Gasteiger partial charge >= 0.3 is 0 Å². The van der Waals surface area contributed by atoms with Crippen LogP contribution in [0.2, 0.25) is 0 Å². The first-order valence-electron chi connectivity index (χ1n) is 4.20. The van der Waals surface area contributed by atoms with E-state index in [2.05, 4.69) is 10.6 Å². The van der Waals surface area contributed by atoms with Crippen molar-refractivity contribution < 1.29 is 9.90 Å². The average molecular weight is 174 g/mol. The molecule has 3 N–H and O–H groups in total. The van der Waals surface area contributed by atoms with Gasteiger partial charge in [-0.3, -0.25) is 4.79 Å². The van der Waals surface area contributed by atoms with E-state index in [0.717, 1.165) is 0 Å². The van der Waals surface area contributed by atoms with Gasteiger partial charge in [0.2, 0.25) is 5.91 Å². The molecule has 0 radical (unpaired) electrons. The molecule has 4 nitrogen and oxygen atoms in total. The van der Waals surface area contributed by atoms with Gasteiger partial charge in [-0.25, -0.2) is 0 Å². The fourth-order valence-corrected chi connectivity index (χ4v) is 0.668. The molecule has 0 fully saturated rings. The summed E-state index contributed by atoms with van der Waals surface area (Å²) in [5.74, 6) is -0.0785. The molecule has 0 saturated carbocycles. The van der Waals surface area contributed by atoms with E-state index >= 15 is 0 Å². The lowest BCUT2D eigenvalue weighted by atomic mass is 10.3. The summed E-state index contributed by atoms with van der Waals surface area (Å²) in [6.07, 6.45) is 0. The van der Waals surface area contributed by atoms with Crippen molar-refractivity contribution in [3.05, 3.63) is 0 Å². The van der Waals surface area contributed by atoms with E-state index in [1.54, 1.807) is 6.92 Å². The van der Waals surface area contributed by atoms with Crippen LogP contribution in [-0.4, -0.2) is 36.2 Å². The van der Waals surface area contributed by atoms with Crippen LogP contribution in [0.4, 0.5) is 0 Å². The molecule has 1 amide bonds. The van der Waals surface area contributed by atoms with E-state index < -0.39 is 0 Å². The molecule has 0 aromatic carbocycles. The first kappa shape index (κ1) is 11.4. The van der Waals surface area contributed by atoms with Gasteiger partial charge in [-0.05, 0) is 6.92 Å². The Labute approximate surface area is 73.3 Å². The van der Waals surface area contributed by atoms with Gasteiger partial charge in [0.05, 0.1) is 13.2 Å². The van der Waals surface area contributed by atoms with E-state index in [-0.39, 0.29) is 18.6 Å². The normalized spacial score (nSPS) is 13.1. The smallest absolute Gasteiger partial charge is 0.234 e. The highest BCUT2D eigenvalue weighted by atomic mass is 16.3. The Balaban J connectivity index is 3.46. The number of amides is 1. The van der Waals surface area contributed by atoms with E-state index in [1.165, 1.54) is 0 Å². The second kappa shape index (κ2) is 5.97. The van der Waals surface area contributed by atoms with Crippen LogP contribution < -0.4 is 10.6 Å². The molecule has 0 saturated heterocycles. The van der Waals surface area contributed by atoms with Crippen LogP contribution in [0.15, 0.2) is 0 Å². The van der Waals surface area contributed by atoms with Crippen molar-refractivity contribution in [2.75, 3.05) is 13.2 Å². The van der Waals surface area contributed by atoms with Gasteiger partial charge in [0, 0.05) is 12.1 Å². The molecule has 0 aliphatic rings. The summed E-state index contributed by atoms with van der Waals surface area (Å²) in [5, 5.41) is 14.2. The average Bonchev–Trinajstić information content (AvgIpc) is 2.00. The number of hydrogen-bond acceptors (Lipinski definition) is 3. The standard InChI is InChI=1S/C8H18N2O2/c1-6(2)9-4-8(12)10-7(3)5-11/h6-7,9,11H,4-5H2,1-3H3,(H,10,12)/t7-/m0/s1. The van der Waals surface area contributed by atoms with Crippen molar-refractivity contribution in [1.82, 2.24) is 10.6 Å². The number of rotatable bonds is 5. The molecular formula is C8H18N2O2. The summed E-state index contributed by atoms with van der Waals surface area (Å²) in [5.41, 5.74) is 0. The van der Waals surface area contributed by atoms with Gasteiger partial charge in [0.1, 0.15) is 0 Å². The highest BCUT2D eigenvalue weighted by Crippen LogP contribution is 1.79. The molecule has 12 heavy (non-hydrogen) atoms. The van der Waals surface area contributed by atoms with Crippen LogP contribution in [0.5, 0.6) is 0 Å². The van der Waals surface area contributed by atoms with Crippen molar-refractivity contribution in [2.24, 2.45) is 0 Å². The van der Waals surface area contributed by atoms with Crippen LogP contribution >= 0.6 is 0 Å². The molecule has 1 atom stereocenters. The number of carbonyl (C=O) groups is 1. The third-order valence-corrected chi connectivity index (χ3v) is 1.35. The zero-order valence-corrected chi connectivity index (χ0v) is 7.92. The molecule has 0 aliphatic carbocycles. The molecule has 0 rings (SSSR count). The lowest BCUT2D eigenvalue weighted by Crippen LogP contribution is -2.42. The fourth-order valence-electron chi connectivity index (χ4n) is 0.668. The fraction of sp³-hybridized carbons (Fsp3) is 0.875. The van der Waals surface area contributed by atoms with Crippen LogP contribution in [0.3, 0.4) is 0 Å². The Morgan fingerprint density at radius 2 is 2.00 bits per heavy atom. The predicted molar refractivity (Wildman–Crippen MR) is 47.8 cm³/mol. The number of hydrogen-bond donors (Lipinski definition) is 3. The number of nitrogens with one attached hydrogen (secondary N) is 2. The Kier molecular flexibility index (Phi) is 5.66. The van der Waals surface area contributed by atoms with Gasteiger partial charge in [0.25, 0.3) is 0 Å². The zero-order valence-electron chi connectivity index (χ0n) is 7.92. The predicted octanol–water partition coefficient (Wildman–Crippen LogP) is -0.519. The van der Waals surface area contributed by atoms with Crippen LogP contribution in [-0.2, 0) is 4.79 Å². The van der Waals surface area contributed by atoms with E-state index in [0.29, 0.717) is 12.6 Å². The third kappa shape index (κ3) is 6.12. The Morgan fingerprint density at radius 1 is 1.42 bits per heavy atom. The maximum atomic E-state index is 11.0. The Hall–Kier alpha value is -0.610. The molecule has 0 aliphatic heterocycles. The van der Waals surface area contributed by atoms with Gasteiger partial charge < -0.3 is 15.7 Å². The molecule has 0 bridgehead atoms. The quantitative estimate of drug-likeness (QED) is 0.525. The maximum Gasteiger partial charge on any atom is 0.234 e. The largest absolute Gasteiger partial charge is 0.394 e. The highest BCUT2D eigenvalue weighted by Gasteiger charge is 2.05. The second-order valence-electron chi connectivity index (χ2n) is 3.19. The SMILES string of the molecule is CC(C)NCC(=O)N[C@@H](C)CO. The van der Waals surface area contributed by atoms with E-state index in [1.807, 2.05) is 13.8 Å². The van der Waals surface area contributed by atoms with Crippen LogP contribution in [0.25, 0.3) is 0 Å². The summed E-state index contributed by atoms with van der Waals surface area (Å²) < 4.78 is 0. The van der Waals surface area contributed by atoms with Crippen LogP contribution in [0.1, 0.15) is 20.8 Å². The number of carbonyl (C=O) groups excluding carboxylic acids is 1. The van der Waals surface area contributed by atoms with Gasteiger partial charge in [-0.2, -0.15) is 0 Å². The minimum atomic E-state index is -0.161. The summed E-state index contributed by atoms with van der Waals surface area (Å²) in [6, 6.07) is 0.145. The third-order valence-electron chi connectivity index (χ3n) is 1.35. The van der Waals surface area contributed by atoms with Gasteiger partial charge in [0.15, 0.2) is 0 Å². The molecule has 0 aromatic heterocycles. The van der Waals surface area contributed by atoms with Crippen molar-refractivity contribution in [3.63, 3.8) is 0 Å². The lowest BCUT2D eigenvalue weighted by molar-refractivity contribution is -0.121. The summed E-state index contributed by atoms with van der Waals surface area (Å²) in [6.45, 7) is 5.99. The first-order valence-corrected chi connectivity index (χ1v) is 4.20. The summed E-state index contributed by atoms with van der Waals surface area (Å²) in [4.78, 5) is 11.0. The highest BCUT2D eigenvalue weighted by molar-refractivity contribution is 5.78. The van der Waals surface area contributed by atoms with Gasteiger partial charge in [-0.15, -0.1) is 0 Å². The monoisotopic (exact) mass is 174 g/mol. The van der Waals surface area contributed by atoms with Crippen molar-refractivity contribution in [2.45, 2.75) is 32.9 Å². The van der Waals surface area contributed by atoms with Crippen LogP contribution in [0, 0.1) is 0 Å². The molecule has 0 spiro atoms. The minimum absolute atomic E-state index is 0.0204. The van der Waals surface area contributed by atoms with Crippen molar-refractivity contribution in [3.8, 4) is 0 Å². The molecule has 0 heterocycles. The number of aliphatic hydroxyl groups is 1. The van der Waals surface area contributed by atoms with Gasteiger partial charge in [-0.1, -0.05) is 13.8 Å². The molecule has 4 heteroatoms. The Morgan fingerprint density at radius 3 is 2.42 bits per heavy atom. The molecular weight excluding hydrogens is 156 g/mol. The van der Waals surface area contributed by atoms with E-state index in [4.69, 9.17) is 5.11 Å². The minimum Gasteiger partial charge on any atom is -0.394 e. The summed E-state index contributed by atoms with van der Waals surface area (Å²) in [7, 11) is 0. The second-order valence-corrected chi connectivity index (χ2v) is 3.19. The molecule has 72 valence electrons. The van der Waals surface area contributed by atoms with Crippen molar-refractivity contribution >= 4 is 5.91 Å². The topological polar surface area (TPSA) is 61.4 Å². The summed E-state index contributed by atoms with van der Waals surface area (Å²) >= 11 is 0. The maximum absolute atomic E-state index is 11.0. The first-order chi connectivity index (χ1) is 5.56. The lowest BCUT2D eigenvalue weighted by Gasteiger charge is -2.12. The number of aliphatic hydroxyl groups excluding tert-OH is 1. The van der Waals surface area contributed by atoms with Crippen molar-refractivity contribution in [1.29, 1.82) is 0 Å². The zero-order chi connectivity index (χ0) is 9.56. The Bertz CT molecular complexity index is 137.